The minimum absolute atomic E-state index is 0.110. The lowest BCUT2D eigenvalue weighted by Gasteiger charge is -2.26. The van der Waals surface area contributed by atoms with Crippen LogP contribution in [-0.4, -0.2) is 38.3 Å². The molecule has 0 saturated heterocycles. The Labute approximate surface area is 123 Å². The molecule has 0 fully saturated rings. The van der Waals surface area contributed by atoms with Gasteiger partial charge in [0.1, 0.15) is 10.7 Å². The van der Waals surface area contributed by atoms with Crippen molar-refractivity contribution in [1.29, 1.82) is 0 Å². The van der Waals surface area contributed by atoms with Gasteiger partial charge in [0.2, 0.25) is 10.0 Å². The number of rotatable bonds is 4. The summed E-state index contributed by atoms with van der Waals surface area (Å²) in [5.41, 5.74) is -0.110. The predicted octanol–water partition coefficient (Wildman–Crippen LogP) is 2.55. The van der Waals surface area contributed by atoms with E-state index in [0.717, 1.165) is 0 Å². The molecule has 0 spiro atoms. The molecule has 0 atom stereocenters. The zero-order valence-corrected chi connectivity index (χ0v) is 14.3. The topological polar surface area (TPSA) is 62.3 Å². The van der Waals surface area contributed by atoms with Gasteiger partial charge in [0.05, 0.1) is 0 Å². The molecule has 0 aliphatic heterocycles. The second kappa shape index (κ2) is 5.76. The molecule has 0 bridgehead atoms. The van der Waals surface area contributed by atoms with Crippen LogP contribution >= 0.6 is 15.9 Å². The van der Waals surface area contributed by atoms with Gasteiger partial charge in [-0.1, -0.05) is 20.8 Å². The first-order chi connectivity index (χ1) is 8.58. The SMILES string of the molecule is CNc1ncc(Br)cc1S(=O)(=O)N(C)CC(C)(C)C. The molecule has 0 unspecified atom stereocenters. The second-order valence-electron chi connectivity index (χ2n) is 5.57. The van der Waals surface area contributed by atoms with Gasteiger partial charge in [-0.3, -0.25) is 0 Å². The van der Waals surface area contributed by atoms with Crippen molar-refractivity contribution in [3.63, 3.8) is 0 Å². The summed E-state index contributed by atoms with van der Waals surface area (Å²) in [7, 11) is -0.323. The van der Waals surface area contributed by atoms with Crippen molar-refractivity contribution in [2.24, 2.45) is 5.41 Å². The molecule has 0 saturated carbocycles. The fourth-order valence-electron chi connectivity index (χ4n) is 1.73. The van der Waals surface area contributed by atoms with Crippen LogP contribution in [0.5, 0.6) is 0 Å². The lowest BCUT2D eigenvalue weighted by atomic mass is 9.97. The highest BCUT2D eigenvalue weighted by molar-refractivity contribution is 9.10. The summed E-state index contributed by atoms with van der Waals surface area (Å²) in [5.74, 6) is 0.351. The lowest BCUT2D eigenvalue weighted by molar-refractivity contribution is 0.311. The first-order valence-electron chi connectivity index (χ1n) is 5.87. The van der Waals surface area contributed by atoms with Crippen LogP contribution in [0, 0.1) is 5.41 Å². The van der Waals surface area contributed by atoms with Gasteiger partial charge < -0.3 is 5.32 Å². The Morgan fingerprint density at radius 1 is 1.42 bits per heavy atom. The number of nitrogens with zero attached hydrogens (tertiary/aromatic N) is 2. The van der Waals surface area contributed by atoms with Crippen LogP contribution in [0.15, 0.2) is 21.6 Å². The van der Waals surface area contributed by atoms with Crippen molar-refractivity contribution in [3.05, 3.63) is 16.7 Å². The van der Waals surface area contributed by atoms with Gasteiger partial charge in [0.15, 0.2) is 0 Å². The first-order valence-corrected chi connectivity index (χ1v) is 8.11. The van der Waals surface area contributed by atoms with E-state index in [9.17, 15) is 8.42 Å². The van der Waals surface area contributed by atoms with Crippen molar-refractivity contribution in [2.75, 3.05) is 26.0 Å². The number of pyridine rings is 1. The van der Waals surface area contributed by atoms with Crippen LogP contribution < -0.4 is 5.32 Å². The molecule has 19 heavy (non-hydrogen) atoms. The van der Waals surface area contributed by atoms with Crippen molar-refractivity contribution in [3.8, 4) is 0 Å². The van der Waals surface area contributed by atoms with Gasteiger partial charge in [-0.25, -0.2) is 17.7 Å². The van der Waals surface area contributed by atoms with Crippen LogP contribution in [0.3, 0.4) is 0 Å². The molecule has 1 N–H and O–H groups in total. The monoisotopic (exact) mass is 349 g/mol. The molecule has 0 amide bonds. The van der Waals surface area contributed by atoms with Crippen LogP contribution in [0.4, 0.5) is 5.82 Å². The molecule has 1 aromatic rings. The number of hydrogen-bond donors (Lipinski definition) is 1. The number of hydrogen-bond acceptors (Lipinski definition) is 4. The Kier molecular flexibility index (Phi) is 4.97. The Hall–Kier alpha value is -0.660. The molecule has 0 aromatic carbocycles. The number of sulfonamides is 1. The highest BCUT2D eigenvalue weighted by Gasteiger charge is 2.28. The first kappa shape index (κ1) is 16.4. The smallest absolute Gasteiger partial charge is 0.246 e. The number of anilines is 1. The summed E-state index contributed by atoms with van der Waals surface area (Å²) >= 11 is 3.26. The molecular weight excluding hydrogens is 330 g/mol. The summed E-state index contributed by atoms with van der Waals surface area (Å²) in [5, 5.41) is 2.81. The highest BCUT2D eigenvalue weighted by atomic mass is 79.9. The van der Waals surface area contributed by atoms with E-state index in [1.807, 2.05) is 20.8 Å². The molecule has 108 valence electrons. The third-order valence-corrected chi connectivity index (χ3v) is 4.69. The van der Waals surface area contributed by atoms with Crippen molar-refractivity contribution < 1.29 is 8.42 Å². The van der Waals surface area contributed by atoms with Crippen molar-refractivity contribution in [1.82, 2.24) is 9.29 Å². The van der Waals surface area contributed by atoms with Gasteiger partial charge in [0, 0.05) is 31.3 Å². The maximum atomic E-state index is 12.6. The van der Waals surface area contributed by atoms with Crippen LogP contribution in [0.1, 0.15) is 20.8 Å². The van der Waals surface area contributed by atoms with E-state index in [1.165, 1.54) is 4.31 Å². The molecule has 0 radical (unpaired) electrons. The standard InChI is InChI=1S/C12H20BrN3O2S/c1-12(2,3)8-16(5)19(17,18)10-6-9(13)7-15-11(10)14-4/h6-7H,8H2,1-5H3,(H,14,15). The van der Waals surface area contributed by atoms with E-state index in [2.05, 4.69) is 26.2 Å². The molecule has 1 rings (SSSR count). The summed E-state index contributed by atoms with van der Waals surface area (Å²) in [6, 6.07) is 1.56. The maximum absolute atomic E-state index is 12.6. The minimum atomic E-state index is -3.56. The average molecular weight is 350 g/mol. The van der Waals surface area contributed by atoms with Gasteiger partial charge in [0.25, 0.3) is 0 Å². The summed E-state index contributed by atoms with van der Waals surface area (Å²) < 4.78 is 27.1. The van der Waals surface area contributed by atoms with Gasteiger partial charge >= 0.3 is 0 Å². The largest absolute Gasteiger partial charge is 0.372 e. The van der Waals surface area contributed by atoms with Crippen molar-refractivity contribution >= 4 is 31.8 Å². The molecule has 0 aliphatic carbocycles. The quantitative estimate of drug-likeness (QED) is 0.907. The molecule has 7 heteroatoms. The Bertz CT molecular complexity index is 553. The van der Waals surface area contributed by atoms with Gasteiger partial charge in [-0.15, -0.1) is 0 Å². The van der Waals surface area contributed by atoms with E-state index >= 15 is 0 Å². The summed E-state index contributed by atoms with van der Waals surface area (Å²) in [4.78, 5) is 4.26. The third-order valence-electron chi connectivity index (χ3n) is 2.44. The van der Waals surface area contributed by atoms with E-state index in [4.69, 9.17) is 0 Å². The fraction of sp³-hybridized carbons (Fsp3) is 0.583. The highest BCUT2D eigenvalue weighted by Crippen LogP contribution is 2.27. The van der Waals surface area contributed by atoms with E-state index in [1.54, 1.807) is 26.4 Å². The van der Waals surface area contributed by atoms with Gasteiger partial charge in [-0.05, 0) is 27.4 Å². The molecule has 5 nitrogen and oxygen atoms in total. The summed E-state index contributed by atoms with van der Waals surface area (Å²) in [6.07, 6.45) is 1.56. The zero-order valence-electron chi connectivity index (χ0n) is 11.9. The van der Waals surface area contributed by atoms with E-state index < -0.39 is 10.0 Å². The number of halogens is 1. The molecule has 1 heterocycles. The maximum Gasteiger partial charge on any atom is 0.246 e. The lowest BCUT2D eigenvalue weighted by Crippen LogP contribution is -2.35. The average Bonchev–Trinajstić information content (AvgIpc) is 2.26. The second-order valence-corrected chi connectivity index (χ2v) is 8.50. The Balaban J connectivity index is 3.23. The Morgan fingerprint density at radius 2 is 2.00 bits per heavy atom. The Morgan fingerprint density at radius 3 is 2.47 bits per heavy atom. The third kappa shape index (κ3) is 4.15. The van der Waals surface area contributed by atoms with Crippen LogP contribution in [0.25, 0.3) is 0 Å². The minimum Gasteiger partial charge on any atom is -0.372 e. The van der Waals surface area contributed by atoms with Crippen molar-refractivity contribution in [2.45, 2.75) is 25.7 Å². The van der Waals surface area contributed by atoms with Crippen LogP contribution in [0.2, 0.25) is 0 Å². The van der Waals surface area contributed by atoms with Crippen LogP contribution in [-0.2, 0) is 10.0 Å². The zero-order chi connectivity index (χ0) is 14.8. The number of aromatic nitrogens is 1. The predicted molar refractivity (Wildman–Crippen MR) is 80.8 cm³/mol. The molecule has 1 aromatic heterocycles. The number of nitrogens with one attached hydrogen (secondary N) is 1. The normalized spacial score (nSPS) is 12.8. The van der Waals surface area contributed by atoms with E-state index in [-0.39, 0.29) is 10.3 Å². The summed E-state index contributed by atoms with van der Waals surface area (Å²) in [6.45, 7) is 6.43. The molecule has 0 aliphatic rings. The fourth-order valence-corrected chi connectivity index (χ4v) is 3.78. The van der Waals surface area contributed by atoms with E-state index in [0.29, 0.717) is 16.8 Å². The van der Waals surface area contributed by atoms with Gasteiger partial charge in [-0.2, -0.15) is 0 Å². The molecular formula is C12H20BrN3O2S.